The zero-order chi connectivity index (χ0) is 15.1. The number of rotatable bonds is 4. The van der Waals surface area contributed by atoms with Crippen LogP contribution in [0.1, 0.15) is 31.7 Å². The number of carbonyl (C=O) groups is 2. The molecule has 5 heteroatoms. The molecule has 0 radical (unpaired) electrons. The molecule has 3 amide bonds. The summed E-state index contributed by atoms with van der Waals surface area (Å²) in [5, 5.41) is 5.92. The van der Waals surface area contributed by atoms with E-state index in [4.69, 9.17) is 0 Å². The van der Waals surface area contributed by atoms with Crippen molar-refractivity contribution in [2.75, 3.05) is 13.1 Å². The van der Waals surface area contributed by atoms with Crippen molar-refractivity contribution < 1.29 is 9.59 Å². The molecule has 0 aromatic heterocycles. The molecule has 0 spiro atoms. The fourth-order valence-electron chi connectivity index (χ4n) is 2.44. The molecule has 1 aliphatic heterocycles. The standard InChI is InChI=1S/C16H23N3O2/c1-2-15(20)18-14-8-10-19(11-9-14)16(21)17-12-13-6-4-3-5-7-13/h3-7,14H,2,8-12H2,1H3,(H,17,21)(H,18,20). The van der Waals surface area contributed by atoms with Gasteiger partial charge in [-0.1, -0.05) is 37.3 Å². The molecule has 2 N–H and O–H groups in total. The first kappa shape index (κ1) is 15.4. The van der Waals surface area contributed by atoms with E-state index in [0.29, 0.717) is 26.1 Å². The number of nitrogens with one attached hydrogen (secondary N) is 2. The van der Waals surface area contributed by atoms with E-state index in [1.165, 1.54) is 0 Å². The number of hydrogen-bond donors (Lipinski definition) is 2. The normalized spacial score (nSPS) is 15.6. The first-order chi connectivity index (χ1) is 10.2. The third-order valence-corrected chi connectivity index (χ3v) is 3.75. The van der Waals surface area contributed by atoms with Crippen molar-refractivity contribution in [3.8, 4) is 0 Å². The molecule has 1 aromatic carbocycles. The largest absolute Gasteiger partial charge is 0.353 e. The van der Waals surface area contributed by atoms with Gasteiger partial charge in [-0.05, 0) is 18.4 Å². The molecule has 1 saturated heterocycles. The fraction of sp³-hybridized carbons (Fsp3) is 0.500. The maximum Gasteiger partial charge on any atom is 0.317 e. The highest BCUT2D eigenvalue weighted by molar-refractivity contribution is 5.76. The van der Waals surface area contributed by atoms with Crippen LogP contribution in [-0.2, 0) is 11.3 Å². The summed E-state index contributed by atoms with van der Waals surface area (Å²) in [6, 6.07) is 10.0. The average Bonchev–Trinajstić information content (AvgIpc) is 2.54. The molecule has 0 bridgehead atoms. The van der Waals surface area contributed by atoms with Crippen LogP contribution in [0.5, 0.6) is 0 Å². The Bertz CT molecular complexity index is 468. The lowest BCUT2D eigenvalue weighted by molar-refractivity contribution is -0.121. The van der Waals surface area contributed by atoms with Crippen LogP contribution in [0.4, 0.5) is 4.79 Å². The maximum atomic E-state index is 12.1. The minimum Gasteiger partial charge on any atom is -0.353 e. The molecule has 5 nitrogen and oxygen atoms in total. The summed E-state index contributed by atoms with van der Waals surface area (Å²) in [5.74, 6) is 0.0852. The second kappa shape index (κ2) is 7.67. The van der Waals surface area contributed by atoms with Crippen molar-refractivity contribution in [3.05, 3.63) is 35.9 Å². The van der Waals surface area contributed by atoms with Crippen LogP contribution in [0.25, 0.3) is 0 Å². The zero-order valence-corrected chi connectivity index (χ0v) is 12.5. The molecule has 0 atom stereocenters. The average molecular weight is 289 g/mol. The van der Waals surface area contributed by atoms with Gasteiger partial charge in [0, 0.05) is 32.1 Å². The van der Waals surface area contributed by atoms with Crippen molar-refractivity contribution in [1.29, 1.82) is 0 Å². The minimum atomic E-state index is -0.0286. The first-order valence-corrected chi connectivity index (χ1v) is 7.55. The summed E-state index contributed by atoms with van der Waals surface area (Å²) >= 11 is 0. The molecule has 0 unspecified atom stereocenters. The molecule has 1 aliphatic rings. The molecular weight excluding hydrogens is 266 g/mol. The molecule has 1 aromatic rings. The summed E-state index contributed by atoms with van der Waals surface area (Å²) in [4.78, 5) is 25.3. The van der Waals surface area contributed by atoms with Gasteiger partial charge in [0.15, 0.2) is 0 Å². The molecule has 1 heterocycles. The first-order valence-electron chi connectivity index (χ1n) is 7.55. The second-order valence-corrected chi connectivity index (χ2v) is 5.33. The summed E-state index contributed by atoms with van der Waals surface area (Å²) in [6.45, 7) is 3.78. The zero-order valence-electron chi connectivity index (χ0n) is 12.5. The predicted octanol–water partition coefficient (Wildman–Crippen LogP) is 1.89. The number of piperidine rings is 1. The number of hydrogen-bond acceptors (Lipinski definition) is 2. The summed E-state index contributed by atoms with van der Waals surface area (Å²) in [7, 11) is 0. The third-order valence-electron chi connectivity index (χ3n) is 3.75. The van der Waals surface area contributed by atoms with Gasteiger partial charge in [0.25, 0.3) is 0 Å². The number of nitrogens with zero attached hydrogens (tertiary/aromatic N) is 1. The van der Waals surface area contributed by atoms with Gasteiger partial charge in [-0.2, -0.15) is 0 Å². The van der Waals surface area contributed by atoms with Gasteiger partial charge >= 0.3 is 6.03 Å². The van der Waals surface area contributed by atoms with Crippen molar-refractivity contribution in [1.82, 2.24) is 15.5 Å². The Morgan fingerprint density at radius 2 is 1.86 bits per heavy atom. The molecule has 114 valence electrons. The van der Waals surface area contributed by atoms with Gasteiger partial charge < -0.3 is 15.5 Å². The Hall–Kier alpha value is -2.04. The van der Waals surface area contributed by atoms with Gasteiger partial charge in [0.1, 0.15) is 0 Å². The van der Waals surface area contributed by atoms with Crippen LogP contribution in [0, 0.1) is 0 Å². The van der Waals surface area contributed by atoms with E-state index < -0.39 is 0 Å². The summed E-state index contributed by atoms with van der Waals surface area (Å²) in [5.41, 5.74) is 1.09. The van der Waals surface area contributed by atoms with Gasteiger partial charge in [-0.15, -0.1) is 0 Å². The van der Waals surface area contributed by atoms with Crippen LogP contribution in [0.15, 0.2) is 30.3 Å². The van der Waals surface area contributed by atoms with E-state index in [0.717, 1.165) is 18.4 Å². The van der Waals surface area contributed by atoms with Crippen LogP contribution in [0.3, 0.4) is 0 Å². The van der Waals surface area contributed by atoms with Crippen LogP contribution in [0.2, 0.25) is 0 Å². The Morgan fingerprint density at radius 1 is 1.19 bits per heavy atom. The van der Waals surface area contributed by atoms with Crippen LogP contribution < -0.4 is 10.6 Å². The van der Waals surface area contributed by atoms with Crippen molar-refractivity contribution in [2.45, 2.75) is 38.8 Å². The van der Waals surface area contributed by atoms with Crippen LogP contribution in [-0.4, -0.2) is 36.0 Å². The monoisotopic (exact) mass is 289 g/mol. The topological polar surface area (TPSA) is 61.4 Å². The van der Waals surface area contributed by atoms with Crippen molar-refractivity contribution >= 4 is 11.9 Å². The SMILES string of the molecule is CCC(=O)NC1CCN(C(=O)NCc2ccccc2)CC1. The molecule has 0 aliphatic carbocycles. The van der Waals surface area contributed by atoms with E-state index in [9.17, 15) is 9.59 Å². The number of likely N-dealkylation sites (tertiary alicyclic amines) is 1. The van der Waals surface area contributed by atoms with E-state index >= 15 is 0 Å². The fourth-order valence-corrected chi connectivity index (χ4v) is 2.44. The maximum absolute atomic E-state index is 12.1. The van der Waals surface area contributed by atoms with E-state index in [2.05, 4.69) is 10.6 Å². The lowest BCUT2D eigenvalue weighted by atomic mass is 10.1. The van der Waals surface area contributed by atoms with E-state index in [1.807, 2.05) is 42.2 Å². The Kier molecular flexibility index (Phi) is 5.60. The van der Waals surface area contributed by atoms with Gasteiger partial charge in [-0.25, -0.2) is 4.79 Å². The number of urea groups is 1. The molecule has 2 rings (SSSR count). The molecule has 21 heavy (non-hydrogen) atoms. The molecule has 1 fully saturated rings. The third kappa shape index (κ3) is 4.77. The van der Waals surface area contributed by atoms with Crippen LogP contribution >= 0.6 is 0 Å². The summed E-state index contributed by atoms with van der Waals surface area (Å²) in [6.07, 6.45) is 2.16. The smallest absolute Gasteiger partial charge is 0.317 e. The second-order valence-electron chi connectivity index (χ2n) is 5.33. The number of amides is 3. The lowest BCUT2D eigenvalue weighted by Gasteiger charge is -2.32. The number of benzene rings is 1. The highest BCUT2D eigenvalue weighted by Crippen LogP contribution is 2.11. The minimum absolute atomic E-state index is 0.0286. The molecular formula is C16H23N3O2. The quantitative estimate of drug-likeness (QED) is 0.889. The Labute approximate surface area is 125 Å². The van der Waals surface area contributed by atoms with Gasteiger partial charge in [-0.3, -0.25) is 4.79 Å². The predicted molar refractivity (Wildman–Crippen MR) is 81.7 cm³/mol. The summed E-state index contributed by atoms with van der Waals surface area (Å²) < 4.78 is 0. The highest BCUT2D eigenvalue weighted by Gasteiger charge is 2.23. The van der Waals surface area contributed by atoms with Crippen molar-refractivity contribution in [2.24, 2.45) is 0 Å². The highest BCUT2D eigenvalue weighted by atomic mass is 16.2. The van der Waals surface area contributed by atoms with Gasteiger partial charge in [0.2, 0.25) is 5.91 Å². The lowest BCUT2D eigenvalue weighted by Crippen LogP contribution is -2.49. The Balaban J connectivity index is 1.72. The van der Waals surface area contributed by atoms with Crippen molar-refractivity contribution in [3.63, 3.8) is 0 Å². The van der Waals surface area contributed by atoms with E-state index in [1.54, 1.807) is 0 Å². The number of carbonyl (C=O) groups excluding carboxylic acids is 2. The Morgan fingerprint density at radius 3 is 2.48 bits per heavy atom. The van der Waals surface area contributed by atoms with Gasteiger partial charge in [0.05, 0.1) is 0 Å². The van der Waals surface area contributed by atoms with E-state index in [-0.39, 0.29) is 18.0 Å². The molecule has 0 saturated carbocycles.